The van der Waals surface area contributed by atoms with Crippen LogP contribution in [0, 0.1) is 23.5 Å². The van der Waals surface area contributed by atoms with Crippen LogP contribution in [0.1, 0.15) is 50.5 Å². The lowest BCUT2D eigenvalue weighted by molar-refractivity contribution is 0.219. The zero-order valence-electron chi connectivity index (χ0n) is 12.5. The molecule has 0 spiro atoms. The van der Waals surface area contributed by atoms with E-state index in [1.807, 2.05) is 7.05 Å². The highest BCUT2D eigenvalue weighted by Gasteiger charge is 2.32. The Labute approximate surface area is 120 Å². The van der Waals surface area contributed by atoms with Crippen LogP contribution in [0.5, 0.6) is 0 Å². The highest BCUT2D eigenvalue weighted by Crippen LogP contribution is 2.42. The van der Waals surface area contributed by atoms with Gasteiger partial charge in [0.1, 0.15) is 11.6 Å². The normalized spacial score (nSPS) is 26.7. The molecular weight excluding hydrogens is 256 g/mol. The molecule has 1 aliphatic rings. The summed E-state index contributed by atoms with van der Waals surface area (Å²) < 4.78 is 27.2. The van der Waals surface area contributed by atoms with Crippen molar-refractivity contribution < 1.29 is 8.78 Å². The van der Waals surface area contributed by atoms with Gasteiger partial charge in [-0.2, -0.15) is 0 Å². The van der Waals surface area contributed by atoms with E-state index in [0.717, 1.165) is 25.5 Å². The first kappa shape index (κ1) is 15.4. The average Bonchev–Trinajstić information content (AvgIpc) is 2.41. The lowest BCUT2D eigenvalue weighted by Crippen LogP contribution is -2.31. The van der Waals surface area contributed by atoms with E-state index in [1.54, 1.807) is 6.07 Å². The van der Waals surface area contributed by atoms with E-state index < -0.39 is 5.82 Å². The van der Waals surface area contributed by atoms with Gasteiger partial charge in [0.2, 0.25) is 0 Å². The molecule has 1 nitrogen and oxygen atoms in total. The Balaban J connectivity index is 2.21. The van der Waals surface area contributed by atoms with Crippen LogP contribution in [0.3, 0.4) is 0 Å². The molecule has 0 aromatic heterocycles. The van der Waals surface area contributed by atoms with Gasteiger partial charge in [0, 0.05) is 6.07 Å². The van der Waals surface area contributed by atoms with E-state index >= 15 is 0 Å². The van der Waals surface area contributed by atoms with Gasteiger partial charge >= 0.3 is 0 Å². The second kappa shape index (κ2) is 7.16. The molecule has 1 aromatic rings. The summed E-state index contributed by atoms with van der Waals surface area (Å²) in [6, 6.07) is 4.06. The molecule has 0 radical (unpaired) electrons. The lowest BCUT2D eigenvalue weighted by atomic mass is 9.70. The number of hydrogen-bond acceptors (Lipinski definition) is 1. The Morgan fingerprint density at radius 2 is 2.05 bits per heavy atom. The molecule has 1 aromatic carbocycles. The fourth-order valence-electron chi connectivity index (χ4n) is 3.68. The number of hydrogen-bond donors (Lipinski definition) is 1. The third kappa shape index (κ3) is 3.57. The van der Waals surface area contributed by atoms with Crippen LogP contribution in [-0.2, 0) is 0 Å². The summed E-state index contributed by atoms with van der Waals surface area (Å²) in [4.78, 5) is 0. The number of rotatable bonds is 5. The molecule has 0 amide bonds. The Kier molecular flexibility index (Phi) is 5.53. The molecule has 0 saturated heterocycles. The van der Waals surface area contributed by atoms with Crippen molar-refractivity contribution in [3.63, 3.8) is 0 Å². The topological polar surface area (TPSA) is 12.0 Å². The van der Waals surface area contributed by atoms with Gasteiger partial charge in [-0.15, -0.1) is 0 Å². The molecule has 1 N–H and O–H groups in total. The summed E-state index contributed by atoms with van der Waals surface area (Å²) >= 11 is 0. The maximum Gasteiger partial charge on any atom is 0.129 e. The quantitative estimate of drug-likeness (QED) is 0.839. The zero-order valence-corrected chi connectivity index (χ0v) is 12.5. The Morgan fingerprint density at radius 1 is 1.25 bits per heavy atom. The SMILES string of the molecule is CCCC1CCC(CNC)C(c2ccc(F)cc2F)C1. The minimum atomic E-state index is -0.489. The van der Waals surface area contributed by atoms with E-state index in [4.69, 9.17) is 0 Å². The van der Waals surface area contributed by atoms with Crippen LogP contribution in [-0.4, -0.2) is 13.6 Å². The van der Waals surface area contributed by atoms with Gasteiger partial charge in [-0.3, -0.25) is 0 Å². The number of nitrogens with one attached hydrogen (secondary N) is 1. The predicted octanol–water partition coefficient (Wildman–Crippen LogP) is 4.48. The fraction of sp³-hybridized carbons (Fsp3) is 0.647. The van der Waals surface area contributed by atoms with E-state index in [0.29, 0.717) is 17.4 Å². The molecule has 20 heavy (non-hydrogen) atoms. The standard InChI is InChI=1S/C17H25F2N/c1-3-4-12-5-6-13(11-20-2)16(9-12)15-8-7-14(18)10-17(15)19/h7-8,10,12-13,16,20H,3-6,9,11H2,1-2H3. The van der Waals surface area contributed by atoms with Gasteiger partial charge in [-0.1, -0.05) is 32.3 Å². The zero-order chi connectivity index (χ0) is 14.5. The summed E-state index contributed by atoms with van der Waals surface area (Å²) in [7, 11) is 1.94. The van der Waals surface area contributed by atoms with Crippen molar-refractivity contribution in [2.24, 2.45) is 11.8 Å². The molecule has 1 aliphatic carbocycles. The van der Waals surface area contributed by atoms with Gasteiger partial charge in [-0.05, 0) is 55.8 Å². The van der Waals surface area contributed by atoms with Gasteiger partial charge in [0.05, 0.1) is 0 Å². The molecule has 2 rings (SSSR count). The molecule has 0 bridgehead atoms. The minimum absolute atomic E-state index is 0.216. The van der Waals surface area contributed by atoms with Gasteiger partial charge < -0.3 is 5.32 Å². The van der Waals surface area contributed by atoms with Gasteiger partial charge in [0.25, 0.3) is 0 Å². The summed E-state index contributed by atoms with van der Waals surface area (Å²) in [5.74, 6) is 0.481. The van der Waals surface area contributed by atoms with Gasteiger partial charge in [-0.25, -0.2) is 8.78 Å². The first-order chi connectivity index (χ1) is 9.65. The van der Waals surface area contributed by atoms with Crippen molar-refractivity contribution in [2.45, 2.75) is 44.9 Å². The number of halogens is 2. The molecule has 0 aliphatic heterocycles. The second-order valence-corrected chi connectivity index (χ2v) is 6.06. The monoisotopic (exact) mass is 281 g/mol. The van der Waals surface area contributed by atoms with E-state index in [1.165, 1.54) is 25.3 Å². The molecular formula is C17H25F2N. The third-order valence-electron chi connectivity index (χ3n) is 4.63. The highest BCUT2D eigenvalue weighted by atomic mass is 19.1. The minimum Gasteiger partial charge on any atom is -0.319 e. The maximum atomic E-state index is 14.1. The molecule has 112 valence electrons. The van der Waals surface area contributed by atoms with Crippen molar-refractivity contribution in [1.29, 1.82) is 0 Å². The van der Waals surface area contributed by atoms with Crippen LogP contribution < -0.4 is 5.32 Å². The van der Waals surface area contributed by atoms with Crippen molar-refractivity contribution in [3.05, 3.63) is 35.4 Å². The van der Waals surface area contributed by atoms with Crippen molar-refractivity contribution >= 4 is 0 Å². The summed E-state index contributed by atoms with van der Waals surface area (Å²) in [6.07, 6.45) is 5.79. The first-order valence-corrected chi connectivity index (χ1v) is 7.75. The Hall–Kier alpha value is -0.960. The maximum absolute atomic E-state index is 14.1. The average molecular weight is 281 g/mol. The van der Waals surface area contributed by atoms with E-state index in [9.17, 15) is 8.78 Å². The Morgan fingerprint density at radius 3 is 2.70 bits per heavy atom. The third-order valence-corrected chi connectivity index (χ3v) is 4.63. The first-order valence-electron chi connectivity index (χ1n) is 7.75. The fourth-order valence-corrected chi connectivity index (χ4v) is 3.68. The lowest BCUT2D eigenvalue weighted by Gasteiger charge is -2.36. The second-order valence-electron chi connectivity index (χ2n) is 6.06. The van der Waals surface area contributed by atoms with Crippen LogP contribution in [0.2, 0.25) is 0 Å². The highest BCUT2D eigenvalue weighted by molar-refractivity contribution is 5.24. The molecule has 1 saturated carbocycles. The molecule has 3 unspecified atom stereocenters. The molecule has 1 fully saturated rings. The van der Waals surface area contributed by atoms with E-state index in [-0.39, 0.29) is 11.7 Å². The van der Waals surface area contributed by atoms with Crippen molar-refractivity contribution in [1.82, 2.24) is 5.32 Å². The van der Waals surface area contributed by atoms with Crippen LogP contribution in [0.25, 0.3) is 0 Å². The van der Waals surface area contributed by atoms with Crippen molar-refractivity contribution in [2.75, 3.05) is 13.6 Å². The van der Waals surface area contributed by atoms with Gasteiger partial charge in [0.15, 0.2) is 0 Å². The molecule has 3 heteroatoms. The smallest absolute Gasteiger partial charge is 0.129 e. The van der Waals surface area contributed by atoms with Crippen LogP contribution in [0.4, 0.5) is 8.78 Å². The van der Waals surface area contributed by atoms with E-state index in [2.05, 4.69) is 12.2 Å². The summed E-state index contributed by atoms with van der Waals surface area (Å²) in [5.41, 5.74) is 0.701. The summed E-state index contributed by atoms with van der Waals surface area (Å²) in [6.45, 7) is 3.10. The van der Waals surface area contributed by atoms with Crippen LogP contribution in [0.15, 0.2) is 18.2 Å². The largest absolute Gasteiger partial charge is 0.319 e. The van der Waals surface area contributed by atoms with Crippen molar-refractivity contribution in [3.8, 4) is 0 Å². The predicted molar refractivity (Wildman–Crippen MR) is 78.8 cm³/mol. The summed E-state index contributed by atoms with van der Waals surface area (Å²) in [5, 5.41) is 3.22. The van der Waals surface area contributed by atoms with Crippen LogP contribution >= 0.6 is 0 Å². The number of benzene rings is 1. The molecule has 3 atom stereocenters. The Bertz CT molecular complexity index is 433. The molecule has 0 heterocycles.